The van der Waals surface area contributed by atoms with Crippen LogP contribution in [0.2, 0.25) is 0 Å². The van der Waals surface area contributed by atoms with Crippen LogP contribution >= 0.6 is 0 Å². The Kier molecular flexibility index (Phi) is 7.00. The van der Waals surface area contributed by atoms with Crippen molar-refractivity contribution in [3.05, 3.63) is 24.3 Å². The summed E-state index contributed by atoms with van der Waals surface area (Å²) in [4.78, 5) is 43.9. The predicted molar refractivity (Wildman–Crippen MR) is 116 cm³/mol. The minimum absolute atomic E-state index is 0.0987. The molecule has 4 heterocycles. The number of ether oxygens (including phenoxy) is 2. The first-order valence-corrected chi connectivity index (χ1v) is 11.9. The quantitative estimate of drug-likeness (QED) is 0.344. The van der Waals surface area contributed by atoms with Crippen LogP contribution in [-0.2, 0) is 23.9 Å². The molecule has 2 amide bonds. The Balaban J connectivity index is 1.71. The molecule has 1 spiro atoms. The Bertz CT molecular complexity index is 795. The molecule has 1 N–H and O–H groups in total. The van der Waals surface area contributed by atoms with Crippen molar-refractivity contribution in [3.8, 4) is 0 Å². The number of hydrogen-bond donors (Lipinski definition) is 1. The van der Waals surface area contributed by atoms with Crippen LogP contribution in [0.1, 0.15) is 45.4 Å². The van der Waals surface area contributed by atoms with Crippen LogP contribution in [0.25, 0.3) is 0 Å². The van der Waals surface area contributed by atoms with Gasteiger partial charge in [0.25, 0.3) is 0 Å². The van der Waals surface area contributed by atoms with E-state index >= 15 is 0 Å². The number of aliphatic hydroxyl groups excluding tert-OH is 1. The van der Waals surface area contributed by atoms with E-state index in [9.17, 15) is 14.4 Å². The van der Waals surface area contributed by atoms with Crippen LogP contribution in [0.4, 0.5) is 0 Å². The topological polar surface area (TPSA) is 96.4 Å². The van der Waals surface area contributed by atoms with Crippen LogP contribution in [-0.4, -0.2) is 83.3 Å². The first-order valence-electron chi connectivity index (χ1n) is 11.9. The fraction of sp³-hybridized carbons (Fsp3) is 0.708. The Labute approximate surface area is 189 Å². The lowest BCUT2D eigenvalue weighted by molar-refractivity contribution is -0.155. The second-order valence-electron chi connectivity index (χ2n) is 9.08. The van der Waals surface area contributed by atoms with Gasteiger partial charge in [0, 0.05) is 26.2 Å². The number of fused-ring (bicyclic) bond motifs is 2. The van der Waals surface area contributed by atoms with Crippen molar-refractivity contribution in [1.29, 1.82) is 0 Å². The molecular formula is C24H34N2O6. The first kappa shape index (κ1) is 23.0. The van der Waals surface area contributed by atoms with Crippen LogP contribution < -0.4 is 0 Å². The van der Waals surface area contributed by atoms with Crippen molar-refractivity contribution >= 4 is 17.8 Å². The van der Waals surface area contributed by atoms with Crippen LogP contribution in [0.3, 0.4) is 0 Å². The van der Waals surface area contributed by atoms with Crippen molar-refractivity contribution < 1.29 is 29.0 Å². The molecule has 0 aromatic carbocycles. The highest BCUT2D eigenvalue weighted by molar-refractivity contribution is 5.99. The molecule has 0 bridgehead atoms. The van der Waals surface area contributed by atoms with E-state index in [1.807, 2.05) is 24.3 Å². The lowest BCUT2D eigenvalue weighted by atomic mass is 9.77. The second-order valence-corrected chi connectivity index (χ2v) is 9.08. The average Bonchev–Trinajstić information content (AvgIpc) is 3.15. The number of carbonyl (C=O) groups is 3. The average molecular weight is 447 g/mol. The molecule has 0 aliphatic carbocycles. The molecule has 2 fully saturated rings. The minimum Gasteiger partial charge on any atom is -0.465 e. The number of esters is 1. The van der Waals surface area contributed by atoms with Gasteiger partial charge in [0.15, 0.2) is 0 Å². The van der Waals surface area contributed by atoms with E-state index < -0.39 is 35.6 Å². The minimum atomic E-state index is -1.17. The Morgan fingerprint density at radius 1 is 1.09 bits per heavy atom. The highest BCUT2D eigenvalue weighted by atomic mass is 16.6. The highest BCUT2D eigenvalue weighted by Gasteiger charge is 2.71. The molecule has 0 aromatic heterocycles. The molecule has 2 saturated heterocycles. The Morgan fingerprint density at radius 2 is 1.94 bits per heavy atom. The van der Waals surface area contributed by atoms with E-state index in [1.165, 1.54) is 0 Å². The third-order valence-corrected chi connectivity index (χ3v) is 7.04. The van der Waals surface area contributed by atoms with Gasteiger partial charge in [-0.3, -0.25) is 14.4 Å². The normalized spacial score (nSPS) is 34.0. The lowest BCUT2D eigenvalue weighted by Crippen LogP contribution is -2.55. The van der Waals surface area contributed by atoms with Crippen molar-refractivity contribution in [2.75, 3.05) is 32.8 Å². The van der Waals surface area contributed by atoms with Gasteiger partial charge < -0.3 is 24.4 Å². The fourth-order valence-corrected chi connectivity index (χ4v) is 5.51. The maximum Gasteiger partial charge on any atom is 0.312 e. The van der Waals surface area contributed by atoms with Gasteiger partial charge in [-0.05, 0) is 32.1 Å². The summed E-state index contributed by atoms with van der Waals surface area (Å²) >= 11 is 0. The number of nitrogens with zero attached hydrogens (tertiary/aromatic N) is 2. The van der Waals surface area contributed by atoms with Gasteiger partial charge in [-0.2, -0.15) is 0 Å². The molecule has 8 heteroatoms. The summed E-state index contributed by atoms with van der Waals surface area (Å²) in [5.74, 6) is -2.30. The zero-order chi connectivity index (χ0) is 22.7. The molecule has 176 valence electrons. The van der Waals surface area contributed by atoms with E-state index in [1.54, 1.807) is 9.80 Å². The van der Waals surface area contributed by atoms with Crippen molar-refractivity contribution in [2.24, 2.45) is 11.8 Å². The molecule has 5 atom stereocenters. The molecule has 8 nitrogen and oxygen atoms in total. The highest BCUT2D eigenvalue weighted by Crippen LogP contribution is 2.53. The largest absolute Gasteiger partial charge is 0.465 e. The molecular weight excluding hydrogens is 412 g/mol. The second kappa shape index (κ2) is 9.75. The van der Waals surface area contributed by atoms with Gasteiger partial charge in [0.2, 0.25) is 11.8 Å². The van der Waals surface area contributed by atoms with Crippen LogP contribution in [0, 0.1) is 11.8 Å². The SMILES string of the molecule is CCCCN1CC=C[C@]23O[C@@H]4C=CCCOC(=O)[C@@H]4[C@H]2C(=O)N(CCCCCO)C3C1=O. The van der Waals surface area contributed by atoms with Crippen molar-refractivity contribution in [1.82, 2.24) is 9.80 Å². The summed E-state index contributed by atoms with van der Waals surface area (Å²) in [7, 11) is 0. The Hall–Kier alpha value is -2.19. The smallest absolute Gasteiger partial charge is 0.312 e. The summed E-state index contributed by atoms with van der Waals surface area (Å²) in [6.07, 6.45) is 11.5. The number of amides is 2. The van der Waals surface area contributed by atoms with E-state index in [-0.39, 0.29) is 25.0 Å². The molecule has 0 radical (unpaired) electrons. The fourth-order valence-electron chi connectivity index (χ4n) is 5.51. The van der Waals surface area contributed by atoms with E-state index in [0.29, 0.717) is 38.9 Å². The van der Waals surface area contributed by atoms with E-state index in [4.69, 9.17) is 14.6 Å². The summed E-state index contributed by atoms with van der Waals surface area (Å²) in [6, 6.07) is -0.792. The van der Waals surface area contributed by atoms with Gasteiger partial charge in [0.1, 0.15) is 17.6 Å². The standard InChI is InChI=1S/C24H34N2O6/c1-2-3-12-25-13-9-11-24-19(18-17(32-24)10-5-8-16-31-23(18)30)21(28)26(20(24)22(25)29)14-6-4-7-15-27/h5,9-11,17-20,27H,2-4,6-8,12-16H2,1H3/t17-,18+,19+,20?,24+/m1/s1. The van der Waals surface area contributed by atoms with Gasteiger partial charge in [-0.1, -0.05) is 37.6 Å². The lowest BCUT2D eigenvalue weighted by Gasteiger charge is -2.35. The molecule has 4 rings (SSSR count). The summed E-state index contributed by atoms with van der Waals surface area (Å²) in [5.41, 5.74) is -1.17. The zero-order valence-corrected chi connectivity index (χ0v) is 18.8. The first-order chi connectivity index (χ1) is 15.5. The van der Waals surface area contributed by atoms with Gasteiger partial charge in [-0.25, -0.2) is 0 Å². The summed E-state index contributed by atoms with van der Waals surface area (Å²) in [5, 5.41) is 9.10. The number of rotatable bonds is 8. The monoisotopic (exact) mass is 446 g/mol. The Morgan fingerprint density at radius 3 is 2.72 bits per heavy atom. The number of likely N-dealkylation sites (tertiary alicyclic amines) is 1. The van der Waals surface area contributed by atoms with E-state index in [0.717, 1.165) is 19.3 Å². The maximum absolute atomic E-state index is 13.8. The maximum atomic E-state index is 13.8. The van der Waals surface area contributed by atoms with Gasteiger partial charge in [-0.15, -0.1) is 0 Å². The predicted octanol–water partition coefficient (Wildman–Crippen LogP) is 1.43. The van der Waals surface area contributed by atoms with Crippen molar-refractivity contribution in [3.63, 3.8) is 0 Å². The molecule has 0 saturated carbocycles. The van der Waals surface area contributed by atoms with Crippen LogP contribution in [0.5, 0.6) is 0 Å². The van der Waals surface area contributed by atoms with Crippen LogP contribution in [0.15, 0.2) is 24.3 Å². The molecule has 0 aromatic rings. The zero-order valence-electron chi connectivity index (χ0n) is 18.8. The number of carbonyl (C=O) groups excluding carboxylic acids is 3. The number of cyclic esters (lactones) is 1. The third-order valence-electron chi connectivity index (χ3n) is 7.04. The summed E-state index contributed by atoms with van der Waals surface area (Å²) in [6.45, 7) is 3.95. The van der Waals surface area contributed by atoms with Gasteiger partial charge in [0.05, 0.1) is 18.6 Å². The number of hydrogen-bond acceptors (Lipinski definition) is 6. The summed E-state index contributed by atoms with van der Waals surface area (Å²) < 4.78 is 11.9. The molecule has 32 heavy (non-hydrogen) atoms. The van der Waals surface area contributed by atoms with Crippen molar-refractivity contribution in [2.45, 2.75) is 63.2 Å². The molecule has 4 aliphatic rings. The molecule has 1 unspecified atom stereocenters. The molecule has 4 aliphatic heterocycles. The third kappa shape index (κ3) is 3.88. The van der Waals surface area contributed by atoms with Gasteiger partial charge >= 0.3 is 5.97 Å². The number of unbranched alkanes of at least 4 members (excludes halogenated alkanes) is 3. The number of aliphatic hydroxyl groups is 1. The van der Waals surface area contributed by atoms with E-state index in [2.05, 4.69) is 6.92 Å².